The SMILES string of the molecule is Oc1cc(O)cc(-c2c(-c3cc(O)cc(O)c3)c3c(-c4cc(O)cc(O)c4)c4nc(cc5ccc(cc6nc(cc2n3-c2cc(O)cc(O)c2)C=C6)[nH]5)C=C4)c1. The number of phenols is 8. The van der Waals surface area contributed by atoms with E-state index in [0.29, 0.717) is 45.0 Å². The van der Waals surface area contributed by atoms with E-state index >= 15 is 0 Å². The zero-order valence-corrected chi connectivity index (χ0v) is 29.0. The Morgan fingerprint density at radius 2 is 0.804 bits per heavy atom. The molecule has 0 spiro atoms. The first-order chi connectivity index (χ1) is 26.9. The molecule has 3 aromatic heterocycles. The molecule has 5 heterocycles. The van der Waals surface area contributed by atoms with Crippen LogP contribution in [-0.2, 0) is 0 Å². The number of aromatic hydroxyl groups is 8. The second kappa shape index (κ2) is 12.8. The molecule has 0 radical (unpaired) electrons. The van der Waals surface area contributed by atoms with Crippen LogP contribution in [0.25, 0.3) is 85.4 Å². The van der Waals surface area contributed by atoms with Gasteiger partial charge in [-0.3, -0.25) is 0 Å². The van der Waals surface area contributed by atoms with Crippen molar-refractivity contribution in [1.82, 2.24) is 19.5 Å². The maximum atomic E-state index is 11.0. The van der Waals surface area contributed by atoms with Crippen LogP contribution >= 0.6 is 0 Å². The summed E-state index contributed by atoms with van der Waals surface area (Å²) in [7, 11) is 0. The minimum Gasteiger partial charge on any atom is -0.508 e. The highest BCUT2D eigenvalue weighted by molar-refractivity contribution is 6.11. The van der Waals surface area contributed by atoms with Crippen molar-refractivity contribution in [3.63, 3.8) is 0 Å². The van der Waals surface area contributed by atoms with Crippen molar-refractivity contribution in [2.75, 3.05) is 0 Å². The van der Waals surface area contributed by atoms with Crippen LogP contribution in [0, 0.1) is 0 Å². The van der Waals surface area contributed by atoms with Gasteiger partial charge in [0.05, 0.1) is 39.5 Å². The molecule has 7 aromatic rings. The van der Waals surface area contributed by atoms with Gasteiger partial charge in [0.2, 0.25) is 0 Å². The number of benzene rings is 4. The first kappa shape index (κ1) is 33.7. The molecule has 2 aliphatic heterocycles. The first-order valence-corrected chi connectivity index (χ1v) is 17.2. The highest BCUT2D eigenvalue weighted by Crippen LogP contribution is 2.50. The highest BCUT2D eigenvalue weighted by atomic mass is 16.3. The van der Waals surface area contributed by atoms with Crippen molar-refractivity contribution in [2.45, 2.75) is 0 Å². The summed E-state index contributed by atoms with van der Waals surface area (Å²) in [5.74, 6) is -2.22. The fourth-order valence-corrected chi connectivity index (χ4v) is 7.35. The Kier molecular flexibility index (Phi) is 7.69. The zero-order chi connectivity index (χ0) is 38.8. The van der Waals surface area contributed by atoms with Gasteiger partial charge in [-0.05, 0) is 108 Å². The van der Waals surface area contributed by atoms with Crippen LogP contribution in [0.5, 0.6) is 46.0 Å². The normalized spacial score (nSPS) is 12.0. The third kappa shape index (κ3) is 6.12. The van der Waals surface area contributed by atoms with Crippen molar-refractivity contribution in [1.29, 1.82) is 0 Å². The number of phenolic OH excluding ortho intramolecular Hbond substituents is 8. The van der Waals surface area contributed by atoms with E-state index in [2.05, 4.69) is 4.98 Å². The summed E-state index contributed by atoms with van der Waals surface area (Å²) in [6.45, 7) is 0. The largest absolute Gasteiger partial charge is 0.508 e. The molecular formula is C44H30N4O8. The lowest BCUT2D eigenvalue weighted by Crippen LogP contribution is -1.97. The number of aromatic nitrogens is 4. The number of aromatic amines is 1. The number of hydrogen-bond donors (Lipinski definition) is 9. The molecular weight excluding hydrogens is 713 g/mol. The maximum absolute atomic E-state index is 11.0. The van der Waals surface area contributed by atoms with Crippen LogP contribution in [0.4, 0.5) is 0 Å². The van der Waals surface area contributed by atoms with E-state index in [0.717, 1.165) is 11.0 Å². The van der Waals surface area contributed by atoms with Crippen LogP contribution in [-0.4, -0.2) is 60.4 Å². The Labute approximate surface area is 317 Å². The third-order valence-electron chi connectivity index (χ3n) is 9.39. The average Bonchev–Trinajstić information content (AvgIpc) is 3.91. The topological polar surface area (TPSA) is 208 Å². The Morgan fingerprint density at radius 3 is 1.32 bits per heavy atom. The number of fused-ring (bicyclic) bond motifs is 8. The smallest absolute Gasteiger partial charge is 0.121 e. The number of rotatable bonds is 4. The lowest BCUT2D eigenvalue weighted by molar-refractivity contribution is 0.449. The van der Waals surface area contributed by atoms with Gasteiger partial charge in [-0.2, -0.15) is 0 Å². The molecule has 0 unspecified atom stereocenters. The lowest BCUT2D eigenvalue weighted by Gasteiger charge is -2.15. The van der Waals surface area contributed by atoms with Gasteiger partial charge >= 0.3 is 0 Å². The predicted molar refractivity (Wildman–Crippen MR) is 213 cm³/mol. The molecule has 0 fully saturated rings. The van der Waals surface area contributed by atoms with Gasteiger partial charge in [0, 0.05) is 64.1 Å². The molecule has 0 saturated carbocycles. The molecule has 2 aliphatic rings. The monoisotopic (exact) mass is 742 g/mol. The standard InChI is InChI=1S/C44H30N4O8/c49-31-7-22(8-32(50)18-31)41-39-6-5-28(47-39)14-27-2-1-25(45-27)13-26-3-4-29(46-26)15-40-42(23-9-33(51)19-34(52)10-23)43(24-11-35(53)20-36(54)12-24)44(41)48(40)30-16-37(55)21-38(56)17-30/h1-21,45,49-56H. The van der Waals surface area contributed by atoms with Crippen LogP contribution < -0.4 is 0 Å². The van der Waals surface area contributed by atoms with E-state index in [1.807, 2.05) is 30.3 Å². The molecule has 274 valence electrons. The highest BCUT2D eigenvalue weighted by Gasteiger charge is 2.27. The first-order valence-electron chi connectivity index (χ1n) is 17.2. The van der Waals surface area contributed by atoms with Crippen LogP contribution in [0.3, 0.4) is 0 Å². The van der Waals surface area contributed by atoms with Crippen molar-refractivity contribution in [2.24, 2.45) is 0 Å². The van der Waals surface area contributed by atoms with E-state index in [-0.39, 0.29) is 73.9 Å². The second-order valence-corrected chi connectivity index (χ2v) is 13.5. The minimum absolute atomic E-state index is 0.224. The Morgan fingerprint density at radius 1 is 0.393 bits per heavy atom. The molecule has 0 aliphatic carbocycles. The number of H-pyrrole nitrogens is 1. The maximum Gasteiger partial charge on any atom is 0.121 e. The van der Waals surface area contributed by atoms with Gasteiger partial charge < -0.3 is 50.4 Å². The van der Waals surface area contributed by atoms with Crippen LogP contribution in [0.15, 0.2) is 103 Å². The van der Waals surface area contributed by atoms with Gasteiger partial charge in [0.25, 0.3) is 0 Å². The fraction of sp³-hybridized carbons (Fsp3) is 0. The molecule has 0 amide bonds. The van der Waals surface area contributed by atoms with Gasteiger partial charge in [-0.25, -0.2) is 9.97 Å². The summed E-state index contributed by atoms with van der Waals surface area (Å²) in [4.78, 5) is 13.2. The summed E-state index contributed by atoms with van der Waals surface area (Å²) in [6, 6.07) is 25.4. The van der Waals surface area contributed by atoms with Gasteiger partial charge in [0.1, 0.15) is 46.0 Å². The molecule has 0 atom stereocenters. The molecule has 9 rings (SSSR count). The van der Waals surface area contributed by atoms with Crippen molar-refractivity contribution < 1.29 is 40.9 Å². The Balaban J connectivity index is 1.66. The summed E-state index contributed by atoms with van der Waals surface area (Å²) in [5.41, 5.74) is 6.14. The van der Waals surface area contributed by atoms with Crippen molar-refractivity contribution in [3.8, 4) is 85.1 Å². The molecule has 4 aromatic carbocycles. The van der Waals surface area contributed by atoms with E-state index in [1.165, 1.54) is 72.8 Å². The molecule has 12 nitrogen and oxygen atoms in total. The van der Waals surface area contributed by atoms with Gasteiger partial charge in [-0.1, -0.05) is 0 Å². The third-order valence-corrected chi connectivity index (χ3v) is 9.39. The van der Waals surface area contributed by atoms with Gasteiger partial charge in [0.15, 0.2) is 0 Å². The van der Waals surface area contributed by atoms with E-state index < -0.39 is 0 Å². The fourth-order valence-electron chi connectivity index (χ4n) is 7.35. The van der Waals surface area contributed by atoms with E-state index in [1.54, 1.807) is 28.9 Å². The van der Waals surface area contributed by atoms with Gasteiger partial charge in [-0.15, -0.1) is 0 Å². The lowest BCUT2D eigenvalue weighted by atomic mass is 9.92. The van der Waals surface area contributed by atoms with E-state index in [9.17, 15) is 40.9 Å². The molecule has 0 saturated heterocycles. The molecule has 9 N–H and O–H groups in total. The Bertz CT molecular complexity index is 2950. The van der Waals surface area contributed by atoms with Crippen molar-refractivity contribution >= 4 is 46.4 Å². The second-order valence-electron chi connectivity index (χ2n) is 13.5. The average molecular weight is 743 g/mol. The van der Waals surface area contributed by atoms with E-state index in [4.69, 9.17) is 9.97 Å². The summed E-state index contributed by atoms with van der Waals surface area (Å²) < 4.78 is 1.70. The number of nitrogens with one attached hydrogen (secondary N) is 1. The quantitative estimate of drug-likeness (QED) is 0.0837. The molecule has 8 bridgehead atoms. The summed E-state index contributed by atoms with van der Waals surface area (Å²) in [6.07, 6.45) is 7.17. The molecule has 56 heavy (non-hydrogen) atoms. The summed E-state index contributed by atoms with van der Waals surface area (Å²) in [5, 5.41) is 87.4. The van der Waals surface area contributed by atoms with Crippen molar-refractivity contribution in [3.05, 3.63) is 126 Å². The zero-order valence-electron chi connectivity index (χ0n) is 29.0. The number of nitrogens with zero attached hydrogens (tertiary/aromatic N) is 3. The summed E-state index contributed by atoms with van der Waals surface area (Å²) >= 11 is 0. The molecule has 12 heteroatoms. The minimum atomic E-state index is -0.287. The van der Waals surface area contributed by atoms with Crippen LogP contribution in [0.2, 0.25) is 0 Å². The number of hydrogen-bond acceptors (Lipinski definition) is 10. The van der Waals surface area contributed by atoms with Crippen LogP contribution in [0.1, 0.15) is 22.8 Å². The Hall–Kier alpha value is -8.12. The predicted octanol–water partition coefficient (Wildman–Crippen LogP) is 8.76.